The average molecular weight is 287 g/mol. The SMILES string of the molecule is O=C(NC1CCCC1CO)c1ccc(-c2nnco2)cc1. The number of aromatic nitrogens is 2. The quantitative estimate of drug-likeness (QED) is 0.892. The van der Waals surface area contributed by atoms with Crippen LogP contribution in [0, 0.1) is 5.92 Å². The lowest BCUT2D eigenvalue weighted by Gasteiger charge is -2.19. The number of amides is 1. The summed E-state index contributed by atoms with van der Waals surface area (Å²) in [6, 6.07) is 7.09. The second-order valence-electron chi connectivity index (χ2n) is 5.27. The molecule has 6 heteroatoms. The van der Waals surface area contributed by atoms with Gasteiger partial charge in [-0.05, 0) is 37.1 Å². The van der Waals surface area contributed by atoms with E-state index in [0.717, 1.165) is 24.8 Å². The molecule has 0 bridgehead atoms. The maximum atomic E-state index is 12.2. The Hall–Kier alpha value is -2.21. The molecule has 6 nitrogen and oxygen atoms in total. The van der Waals surface area contributed by atoms with E-state index in [9.17, 15) is 9.90 Å². The molecule has 0 aliphatic heterocycles. The lowest BCUT2D eigenvalue weighted by molar-refractivity contribution is 0.0916. The second kappa shape index (κ2) is 6.05. The number of rotatable bonds is 4. The molecule has 1 aliphatic carbocycles. The van der Waals surface area contributed by atoms with Crippen molar-refractivity contribution in [2.45, 2.75) is 25.3 Å². The van der Waals surface area contributed by atoms with Crippen molar-refractivity contribution in [2.24, 2.45) is 5.92 Å². The molecule has 0 radical (unpaired) electrons. The van der Waals surface area contributed by atoms with Crippen LogP contribution in [0.4, 0.5) is 0 Å². The Morgan fingerprint density at radius 3 is 2.81 bits per heavy atom. The Balaban J connectivity index is 1.68. The third-order valence-corrected chi connectivity index (χ3v) is 3.96. The molecule has 3 rings (SSSR count). The second-order valence-corrected chi connectivity index (χ2v) is 5.27. The normalized spacial score (nSPS) is 21.4. The van der Waals surface area contributed by atoms with Crippen LogP contribution in [0.15, 0.2) is 35.1 Å². The molecule has 1 heterocycles. The zero-order valence-corrected chi connectivity index (χ0v) is 11.5. The van der Waals surface area contributed by atoms with E-state index < -0.39 is 0 Å². The zero-order valence-electron chi connectivity index (χ0n) is 11.5. The highest BCUT2D eigenvalue weighted by Crippen LogP contribution is 2.25. The van der Waals surface area contributed by atoms with Crippen LogP contribution in [-0.4, -0.2) is 33.9 Å². The van der Waals surface area contributed by atoms with Gasteiger partial charge in [0, 0.05) is 29.7 Å². The molecule has 2 unspecified atom stereocenters. The standard InChI is InChI=1S/C15H17N3O3/c19-8-12-2-1-3-13(12)17-14(20)10-4-6-11(7-5-10)15-18-16-9-21-15/h4-7,9,12-13,19H,1-3,8H2,(H,17,20). The van der Waals surface area contributed by atoms with Gasteiger partial charge in [0.05, 0.1) is 0 Å². The Bertz CT molecular complexity index is 595. The molecular formula is C15H17N3O3. The van der Waals surface area contributed by atoms with Crippen molar-refractivity contribution in [3.05, 3.63) is 36.2 Å². The summed E-state index contributed by atoms with van der Waals surface area (Å²) in [5.41, 5.74) is 1.36. The van der Waals surface area contributed by atoms with Crippen molar-refractivity contribution in [3.8, 4) is 11.5 Å². The lowest BCUT2D eigenvalue weighted by Crippen LogP contribution is -2.38. The molecule has 1 aromatic carbocycles. The molecule has 0 spiro atoms. The van der Waals surface area contributed by atoms with E-state index in [0.29, 0.717) is 11.5 Å². The fourth-order valence-corrected chi connectivity index (χ4v) is 2.76. The van der Waals surface area contributed by atoms with Gasteiger partial charge in [-0.3, -0.25) is 4.79 Å². The number of hydrogen-bond donors (Lipinski definition) is 2. The number of carbonyl (C=O) groups is 1. The van der Waals surface area contributed by atoms with Crippen LogP contribution in [0.1, 0.15) is 29.6 Å². The lowest BCUT2D eigenvalue weighted by atomic mass is 10.0. The number of carbonyl (C=O) groups excluding carboxylic acids is 1. The van der Waals surface area contributed by atoms with Gasteiger partial charge in [0.25, 0.3) is 5.91 Å². The minimum atomic E-state index is -0.113. The van der Waals surface area contributed by atoms with E-state index in [1.807, 2.05) is 0 Å². The van der Waals surface area contributed by atoms with Crippen molar-refractivity contribution >= 4 is 5.91 Å². The fraction of sp³-hybridized carbons (Fsp3) is 0.400. The summed E-state index contributed by atoms with van der Waals surface area (Å²) in [4.78, 5) is 12.2. The van der Waals surface area contributed by atoms with E-state index >= 15 is 0 Å². The van der Waals surface area contributed by atoms with Crippen LogP contribution in [0.5, 0.6) is 0 Å². The summed E-state index contributed by atoms with van der Waals surface area (Å²) in [7, 11) is 0. The third-order valence-electron chi connectivity index (χ3n) is 3.96. The molecule has 2 aromatic rings. The Morgan fingerprint density at radius 2 is 2.14 bits per heavy atom. The maximum Gasteiger partial charge on any atom is 0.251 e. The first-order chi connectivity index (χ1) is 10.3. The van der Waals surface area contributed by atoms with E-state index in [4.69, 9.17) is 4.42 Å². The minimum Gasteiger partial charge on any atom is -0.423 e. The van der Waals surface area contributed by atoms with Gasteiger partial charge in [0.1, 0.15) is 0 Å². The summed E-state index contributed by atoms with van der Waals surface area (Å²) in [5, 5.41) is 19.7. The van der Waals surface area contributed by atoms with E-state index in [-0.39, 0.29) is 24.5 Å². The highest BCUT2D eigenvalue weighted by atomic mass is 16.4. The molecule has 21 heavy (non-hydrogen) atoms. The van der Waals surface area contributed by atoms with Crippen molar-refractivity contribution in [1.29, 1.82) is 0 Å². The number of aliphatic hydroxyl groups is 1. The maximum absolute atomic E-state index is 12.2. The molecule has 0 saturated heterocycles. The van der Waals surface area contributed by atoms with Gasteiger partial charge in [0.15, 0.2) is 0 Å². The van der Waals surface area contributed by atoms with Crippen molar-refractivity contribution < 1.29 is 14.3 Å². The van der Waals surface area contributed by atoms with Crippen LogP contribution in [0.25, 0.3) is 11.5 Å². The Labute approximate surface area is 122 Å². The van der Waals surface area contributed by atoms with Crippen molar-refractivity contribution in [1.82, 2.24) is 15.5 Å². The Kier molecular flexibility index (Phi) is 3.96. The molecule has 1 amide bonds. The van der Waals surface area contributed by atoms with E-state index in [1.54, 1.807) is 24.3 Å². The van der Waals surface area contributed by atoms with Gasteiger partial charge >= 0.3 is 0 Å². The van der Waals surface area contributed by atoms with Gasteiger partial charge in [-0.15, -0.1) is 10.2 Å². The van der Waals surface area contributed by atoms with Crippen molar-refractivity contribution in [2.75, 3.05) is 6.61 Å². The molecule has 1 aliphatic rings. The molecule has 2 atom stereocenters. The van der Waals surface area contributed by atoms with Gasteiger partial charge < -0.3 is 14.8 Å². The van der Waals surface area contributed by atoms with Gasteiger partial charge in [-0.1, -0.05) is 6.42 Å². The first-order valence-electron chi connectivity index (χ1n) is 7.06. The van der Waals surface area contributed by atoms with E-state index in [1.165, 1.54) is 6.39 Å². The highest BCUT2D eigenvalue weighted by molar-refractivity contribution is 5.94. The van der Waals surface area contributed by atoms with Crippen LogP contribution < -0.4 is 5.32 Å². The van der Waals surface area contributed by atoms with Crippen LogP contribution >= 0.6 is 0 Å². The monoisotopic (exact) mass is 287 g/mol. The first-order valence-corrected chi connectivity index (χ1v) is 7.06. The summed E-state index contributed by atoms with van der Waals surface area (Å²) >= 11 is 0. The van der Waals surface area contributed by atoms with Crippen molar-refractivity contribution in [3.63, 3.8) is 0 Å². The summed E-state index contributed by atoms with van der Waals surface area (Å²) in [5.74, 6) is 0.488. The zero-order chi connectivity index (χ0) is 14.7. The number of hydrogen-bond acceptors (Lipinski definition) is 5. The number of benzene rings is 1. The number of nitrogens with zero attached hydrogens (tertiary/aromatic N) is 2. The predicted octanol–water partition coefficient (Wildman–Crippen LogP) is 1.63. The largest absolute Gasteiger partial charge is 0.423 e. The summed E-state index contributed by atoms with van der Waals surface area (Å²) < 4.78 is 5.11. The molecule has 110 valence electrons. The number of aliphatic hydroxyl groups excluding tert-OH is 1. The fourth-order valence-electron chi connectivity index (χ4n) is 2.76. The third kappa shape index (κ3) is 2.95. The number of nitrogens with one attached hydrogen (secondary N) is 1. The summed E-state index contributed by atoms with van der Waals surface area (Å²) in [6.07, 6.45) is 4.21. The Morgan fingerprint density at radius 1 is 1.33 bits per heavy atom. The molecule has 1 saturated carbocycles. The highest BCUT2D eigenvalue weighted by Gasteiger charge is 2.28. The molecule has 2 N–H and O–H groups in total. The van der Waals surface area contributed by atoms with Gasteiger partial charge in [0.2, 0.25) is 12.3 Å². The van der Waals surface area contributed by atoms with Gasteiger partial charge in [-0.2, -0.15) is 0 Å². The molecule has 1 aromatic heterocycles. The minimum absolute atomic E-state index is 0.0677. The van der Waals surface area contributed by atoms with Crippen LogP contribution in [0.2, 0.25) is 0 Å². The van der Waals surface area contributed by atoms with Crippen LogP contribution in [-0.2, 0) is 0 Å². The topological polar surface area (TPSA) is 88.2 Å². The molecule has 1 fully saturated rings. The smallest absolute Gasteiger partial charge is 0.251 e. The van der Waals surface area contributed by atoms with Gasteiger partial charge in [-0.25, -0.2) is 0 Å². The predicted molar refractivity (Wildman–Crippen MR) is 75.4 cm³/mol. The molecular weight excluding hydrogens is 270 g/mol. The summed E-state index contributed by atoms with van der Waals surface area (Å²) in [6.45, 7) is 0.126. The van der Waals surface area contributed by atoms with Crippen LogP contribution in [0.3, 0.4) is 0 Å². The average Bonchev–Trinajstić information content (AvgIpc) is 3.18. The first kappa shape index (κ1) is 13.8. The van der Waals surface area contributed by atoms with E-state index in [2.05, 4.69) is 15.5 Å².